The summed E-state index contributed by atoms with van der Waals surface area (Å²) < 4.78 is 26.6. The summed E-state index contributed by atoms with van der Waals surface area (Å²) in [5, 5.41) is 3.82. The highest BCUT2D eigenvalue weighted by atomic mass is 35.5. The van der Waals surface area contributed by atoms with Gasteiger partial charge in [0.1, 0.15) is 11.6 Å². The quantitative estimate of drug-likeness (QED) is 0.744. The molecule has 5 heteroatoms. The first-order valence-electron chi connectivity index (χ1n) is 6.67. The highest BCUT2D eigenvalue weighted by molar-refractivity contribution is 7.99. The summed E-state index contributed by atoms with van der Waals surface area (Å²) in [6, 6.07) is 10.7. The van der Waals surface area contributed by atoms with Crippen molar-refractivity contribution >= 4 is 23.4 Å². The number of benzene rings is 2. The van der Waals surface area contributed by atoms with Gasteiger partial charge in [0, 0.05) is 21.7 Å². The Balaban J connectivity index is 2.13. The van der Waals surface area contributed by atoms with Crippen molar-refractivity contribution in [3.63, 3.8) is 0 Å². The maximum Gasteiger partial charge on any atom is 0.124 e. The Kier molecular flexibility index (Phi) is 6.03. The highest BCUT2D eigenvalue weighted by Gasteiger charge is 2.15. The molecule has 2 aromatic rings. The van der Waals surface area contributed by atoms with Gasteiger partial charge in [0.15, 0.2) is 0 Å². The van der Waals surface area contributed by atoms with E-state index in [0.717, 1.165) is 17.0 Å². The largest absolute Gasteiger partial charge is 0.309 e. The molecular weight excluding hydrogens is 312 g/mol. The molecule has 0 heterocycles. The van der Waals surface area contributed by atoms with Crippen LogP contribution < -0.4 is 5.32 Å². The van der Waals surface area contributed by atoms with Crippen LogP contribution in [0.5, 0.6) is 0 Å². The van der Waals surface area contributed by atoms with Crippen LogP contribution in [0.2, 0.25) is 5.02 Å². The van der Waals surface area contributed by atoms with E-state index in [0.29, 0.717) is 10.8 Å². The van der Waals surface area contributed by atoms with Gasteiger partial charge >= 0.3 is 0 Å². The van der Waals surface area contributed by atoms with Gasteiger partial charge in [-0.2, -0.15) is 0 Å². The first-order valence-corrected chi connectivity index (χ1v) is 8.03. The molecule has 112 valence electrons. The molecule has 0 radical (unpaired) electrons. The van der Waals surface area contributed by atoms with Gasteiger partial charge in [0.05, 0.1) is 0 Å². The molecule has 0 aliphatic carbocycles. The minimum atomic E-state index is -0.312. The summed E-state index contributed by atoms with van der Waals surface area (Å²) in [6.45, 7) is 2.72. The van der Waals surface area contributed by atoms with Crippen molar-refractivity contribution in [2.45, 2.75) is 17.9 Å². The van der Waals surface area contributed by atoms with Gasteiger partial charge in [-0.15, -0.1) is 11.8 Å². The monoisotopic (exact) mass is 327 g/mol. The van der Waals surface area contributed by atoms with Crippen LogP contribution in [0.3, 0.4) is 0 Å². The molecule has 0 bridgehead atoms. The molecule has 0 aliphatic heterocycles. The Labute approximate surface area is 132 Å². The van der Waals surface area contributed by atoms with E-state index in [1.165, 1.54) is 36.0 Å². The van der Waals surface area contributed by atoms with E-state index in [1.54, 1.807) is 12.1 Å². The van der Waals surface area contributed by atoms with Crippen molar-refractivity contribution < 1.29 is 8.78 Å². The zero-order valence-electron chi connectivity index (χ0n) is 11.6. The van der Waals surface area contributed by atoms with Crippen molar-refractivity contribution in [3.05, 3.63) is 64.7 Å². The third-order valence-corrected chi connectivity index (χ3v) is 4.43. The molecule has 0 saturated heterocycles. The lowest BCUT2D eigenvalue weighted by Crippen LogP contribution is -2.23. The number of nitrogens with one attached hydrogen (secondary N) is 1. The molecule has 0 aliphatic rings. The average Bonchev–Trinajstić information content (AvgIpc) is 2.46. The molecule has 1 atom stereocenters. The molecule has 1 unspecified atom stereocenters. The predicted octanol–water partition coefficient (Wildman–Crippen LogP) is 5.06. The maximum atomic E-state index is 13.4. The predicted molar refractivity (Wildman–Crippen MR) is 85.0 cm³/mol. The highest BCUT2D eigenvalue weighted by Crippen LogP contribution is 2.29. The Hall–Kier alpha value is -1.10. The van der Waals surface area contributed by atoms with Gasteiger partial charge in [-0.25, -0.2) is 8.78 Å². The van der Waals surface area contributed by atoms with E-state index in [-0.39, 0.29) is 17.7 Å². The van der Waals surface area contributed by atoms with Gasteiger partial charge in [-0.1, -0.05) is 24.6 Å². The number of hydrogen-bond donors (Lipinski definition) is 1. The first-order chi connectivity index (χ1) is 10.1. The number of hydrogen-bond acceptors (Lipinski definition) is 2. The lowest BCUT2D eigenvalue weighted by atomic mass is 10.1. The molecule has 2 rings (SSSR count). The van der Waals surface area contributed by atoms with Crippen molar-refractivity contribution in [2.24, 2.45) is 0 Å². The Bertz CT molecular complexity index is 607. The van der Waals surface area contributed by atoms with Gasteiger partial charge in [-0.3, -0.25) is 0 Å². The summed E-state index contributed by atoms with van der Waals surface area (Å²) in [6.07, 6.45) is 0. The van der Waals surface area contributed by atoms with Gasteiger partial charge in [0.25, 0.3) is 0 Å². The van der Waals surface area contributed by atoms with Gasteiger partial charge < -0.3 is 5.32 Å². The zero-order valence-corrected chi connectivity index (χ0v) is 13.1. The first kappa shape index (κ1) is 16.3. The van der Waals surface area contributed by atoms with Crippen LogP contribution in [0.4, 0.5) is 8.78 Å². The molecule has 0 spiro atoms. The SMILES string of the molecule is CCNC(CSc1cccc(F)c1)c1cc(F)ccc1Cl. The van der Waals surface area contributed by atoms with Crippen LogP contribution in [0.1, 0.15) is 18.5 Å². The summed E-state index contributed by atoms with van der Waals surface area (Å²) in [5.74, 6) is 0.0670. The number of rotatable bonds is 6. The van der Waals surface area contributed by atoms with Crippen LogP contribution in [-0.4, -0.2) is 12.3 Å². The standard InChI is InChI=1S/C16H16ClF2NS/c1-2-20-16(14-9-12(19)6-7-15(14)17)10-21-13-5-3-4-11(18)8-13/h3-9,16,20H,2,10H2,1H3. The molecule has 1 N–H and O–H groups in total. The van der Waals surface area contributed by atoms with E-state index in [2.05, 4.69) is 5.32 Å². The minimum Gasteiger partial charge on any atom is -0.309 e. The molecule has 0 saturated carbocycles. The fourth-order valence-corrected chi connectivity index (χ4v) is 3.30. The number of thioether (sulfide) groups is 1. The lowest BCUT2D eigenvalue weighted by molar-refractivity contribution is 0.588. The minimum absolute atomic E-state index is 0.0912. The topological polar surface area (TPSA) is 12.0 Å². The Morgan fingerprint density at radius 1 is 1.14 bits per heavy atom. The van der Waals surface area contributed by atoms with Crippen molar-refractivity contribution in [3.8, 4) is 0 Å². The third-order valence-electron chi connectivity index (χ3n) is 3.00. The zero-order chi connectivity index (χ0) is 15.2. The smallest absolute Gasteiger partial charge is 0.124 e. The second-order valence-corrected chi connectivity index (χ2v) is 6.05. The molecule has 0 fully saturated rings. The van der Waals surface area contributed by atoms with E-state index in [1.807, 2.05) is 13.0 Å². The van der Waals surface area contributed by atoms with Crippen LogP contribution in [0.25, 0.3) is 0 Å². The third kappa shape index (κ3) is 4.70. The van der Waals surface area contributed by atoms with Crippen molar-refractivity contribution in [2.75, 3.05) is 12.3 Å². The van der Waals surface area contributed by atoms with E-state index >= 15 is 0 Å². The molecular formula is C16H16ClF2NS. The summed E-state index contributed by atoms with van der Waals surface area (Å²) >= 11 is 7.67. The van der Waals surface area contributed by atoms with Gasteiger partial charge in [-0.05, 0) is 48.5 Å². The second-order valence-electron chi connectivity index (χ2n) is 4.54. The average molecular weight is 328 g/mol. The van der Waals surface area contributed by atoms with Crippen molar-refractivity contribution in [1.29, 1.82) is 0 Å². The molecule has 2 aromatic carbocycles. The van der Waals surface area contributed by atoms with Crippen LogP contribution in [-0.2, 0) is 0 Å². The lowest BCUT2D eigenvalue weighted by Gasteiger charge is -2.19. The summed E-state index contributed by atoms with van der Waals surface area (Å²) in [4.78, 5) is 0.838. The van der Waals surface area contributed by atoms with E-state index in [4.69, 9.17) is 11.6 Å². The molecule has 21 heavy (non-hydrogen) atoms. The van der Waals surface area contributed by atoms with Crippen molar-refractivity contribution in [1.82, 2.24) is 5.32 Å². The summed E-state index contributed by atoms with van der Waals surface area (Å²) in [5.41, 5.74) is 0.724. The molecule has 0 amide bonds. The Morgan fingerprint density at radius 2 is 1.90 bits per heavy atom. The second kappa shape index (κ2) is 7.78. The summed E-state index contributed by atoms with van der Waals surface area (Å²) in [7, 11) is 0. The fraction of sp³-hybridized carbons (Fsp3) is 0.250. The Morgan fingerprint density at radius 3 is 2.62 bits per heavy atom. The molecule has 1 nitrogen and oxygen atoms in total. The van der Waals surface area contributed by atoms with Crippen LogP contribution in [0.15, 0.2) is 47.4 Å². The normalized spacial score (nSPS) is 12.4. The van der Waals surface area contributed by atoms with E-state index < -0.39 is 0 Å². The maximum absolute atomic E-state index is 13.4. The number of halogens is 3. The van der Waals surface area contributed by atoms with Crippen LogP contribution >= 0.6 is 23.4 Å². The van der Waals surface area contributed by atoms with E-state index in [9.17, 15) is 8.78 Å². The van der Waals surface area contributed by atoms with Crippen LogP contribution in [0, 0.1) is 11.6 Å². The van der Waals surface area contributed by atoms with Gasteiger partial charge in [0.2, 0.25) is 0 Å². The molecule has 0 aromatic heterocycles. The fourth-order valence-electron chi connectivity index (χ4n) is 2.02.